The Bertz CT molecular complexity index is 336. The molecule has 0 aliphatic carbocycles. The SMILES string of the molecule is CC[C@H](N)c1ccc(N2CCC(C)CC2)cc1. The maximum Gasteiger partial charge on any atom is 0.0366 e. The van der Waals surface area contributed by atoms with Crippen LogP contribution in [0.4, 0.5) is 5.69 Å². The molecule has 94 valence electrons. The van der Waals surface area contributed by atoms with Crippen LogP contribution in [0, 0.1) is 5.92 Å². The maximum absolute atomic E-state index is 6.03. The van der Waals surface area contributed by atoms with Crippen molar-refractivity contribution in [2.24, 2.45) is 11.7 Å². The highest BCUT2D eigenvalue weighted by Crippen LogP contribution is 2.24. The Morgan fingerprint density at radius 3 is 2.35 bits per heavy atom. The topological polar surface area (TPSA) is 29.3 Å². The highest BCUT2D eigenvalue weighted by molar-refractivity contribution is 5.48. The fourth-order valence-electron chi connectivity index (χ4n) is 2.43. The molecule has 2 nitrogen and oxygen atoms in total. The summed E-state index contributed by atoms with van der Waals surface area (Å²) in [6, 6.07) is 9.00. The molecule has 1 aromatic rings. The Balaban J connectivity index is 2.02. The third kappa shape index (κ3) is 3.01. The Kier molecular flexibility index (Phi) is 4.06. The Morgan fingerprint density at radius 1 is 1.24 bits per heavy atom. The minimum Gasteiger partial charge on any atom is -0.372 e. The van der Waals surface area contributed by atoms with Crippen LogP contribution in [0.15, 0.2) is 24.3 Å². The molecule has 2 N–H and O–H groups in total. The van der Waals surface area contributed by atoms with Crippen LogP contribution in [-0.2, 0) is 0 Å². The Hall–Kier alpha value is -1.02. The highest BCUT2D eigenvalue weighted by Gasteiger charge is 2.15. The fraction of sp³-hybridized carbons (Fsp3) is 0.600. The standard InChI is InChI=1S/C15H24N2/c1-3-15(16)13-4-6-14(7-5-13)17-10-8-12(2)9-11-17/h4-7,12,15H,3,8-11,16H2,1-2H3/t15-/m0/s1. The van der Waals surface area contributed by atoms with E-state index in [-0.39, 0.29) is 6.04 Å². The molecule has 1 saturated heterocycles. The normalized spacial score (nSPS) is 19.4. The molecule has 1 atom stereocenters. The van der Waals surface area contributed by atoms with Gasteiger partial charge < -0.3 is 10.6 Å². The fourth-order valence-corrected chi connectivity index (χ4v) is 2.43. The van der Waals surface area contributed by atoms with Gasteiger partial charge >= 0.3 is 0 Å². The first-order valence-corrected chi connectivity index (χ1v) is 6.81. The molecular weight excluding hydrogens is 208 g/mol. The minimum absolute atomic E-state index is 0.186. The van der Waals surface area contributed by atoms with Crippen molar-refractivity contribution in [1.29, 1.82) is 0 Å². The molecule has 1 fully saturated rings. The second-order valence-electron chi connectivity index (χ2n) is 5.28. The van der Waals surface area contributed by atoms with Crippen LogP contribution in [-0.4, -0.2) is 13.1 Å². The molecule has 0 bridgehead atoms. The third-order valence-electron chi connectivity index (χ3n) is 3.91. The van der Waals surface area contributed by atoms with Crippen LogP contribution in [0.1, 0.15) is 44.7 Å². The molecule has 2 rings (SSSR count). The molecule has 0 amide bonds. The van der Waals surface area contributed by atoms with E-state index in [1.165, 1.54) is 37.2 Å². The van der Waals surface area contributed by atoms with Gasteiger partial charge in [-0.1, -0.05) is 26.0 Å². The predicted octanol–water partition coefficient (Wildman–Crippen LogP) is 3.33. The molecule has 0 unspecified atom stereocenters. The summed E-state index contributed by atoms with van der Waals surface area (Å²) in [6.07, 6.45) is 3.63. The van der Waals surface area contributed by atoms with Crippen LogP contribution in [0.3, 0.4) is 0 Å². The van der Waals surface area contributed by atoms with Crippen molar-refractivity contribution in [2.75, 3.05) is 18.0 Å². The summed E-state index contributed by atoms with van der Waals surface area (Å²) in [6.45, 7) is 6.87. The van der Waals surface area contributed by atoms with Gasteiger partial charge in [-0.2, -0.15) is 0 Å². The summed E-state index contributed by atoms with van der Waals surface area (Å²) < 4.78 is 0. The van der Waals surface area contributed by atoms with Gasteiger partial charge in [-0.05, 0) is 42.9 Å². The van der Waals surface area contributed by atoms with Gasteiger partial charge in [0, 0.05) is 24.8 Å². The molecule has 1 aliphatic rings. The monoisotopic (exact) mass is 232 g/mol. The van der Waals surface area contributed by atoms with E-state index in [0.717, 1.165) is 12.3 Å². The van der Waals surface area contributed by atoms with E-state index in [9.17, 15) is 0 Å². The van der Waals surface area contributed by atoms with Crippen molar-refractivity contribution in [1.82, 2.24) is 0 Å². The van der Waals surface area contributed by atoms with E-state index in [4.69, 9.17) is 5.73 Å². The zero-order valence-corrected chi connectivity index (χ0v) is 11.0. The minimum atomic E-state index is 0.186. The van der Waals surface area contributed by atoms with Gasteiger partial charge in [-0.25, -0.2) is 0 Å². The van der Waals surface area contributed by atoms with Gasteiger partial charge in [0.1, 0.15) is 0 Å². The van der Waals surface area contributed by atoms with Gasteiger partial charge in [0.25, 0.3) is 0 Å². The molecule has 0 saturated carbocycles. The zero-order chi connectivity index (χ0) is 12.3. The summed E-state index contributed by atoms with van der Waals surface area (Å²) in [7, 11) is 0. The first-order valence-electron chi connectivity index (χ1n) is 6.81. The number of anilines is 1. The predicted molar refractivity (Wildman–Crippen MR) is 74.3 cm³/mol. The van der Waals surface area contributed by atoms with Crippen LogP contribution in [0.5, 0.6) is 0 Å². The number of nitrogens with zero attached hydrogens (tertiary/aromatic N) is 1. The van der Waals surface area contributed by atoms with Crippen molar-refractivity contribution >= 4 is 5.69 Å². The lowest BCUT2D eigenvalue weighted by atomic mass is 9.98. The summed E-state index contributed by atoms with van der Waals surface area (Å²) in [5.41, 5.74) is 8.63. The van der Waals surface area contributed by atoms with Crippen LogP contribution >= 0.6 is 0 Å². The molecule has 2 heteroatoms. The Labute approximate surface area is 105 Å². The van der Waals surface area contributed by atoms with E-state index in [0.29, 0.717) is 0 Å². The van der Waals surface area contributed by atoms with Gasteiger partial charge in [0.2, 0.25) is 0 Å². The lowest BCUT2D eigenvalue weighted by Crippen LogP contribution is -2.32. The van der Waals surface area contributed by atoms with Crippen LogP contribution < -0.4 is 10.6 Å². The molecular formula is C15H24N2. The quantitative estimate of drug-likeness (QED) is 0.866. The smallest absolute Gasteiger partial charge is 0.0366 e. The van der Waals surface area contributed by atoms with Gasteiger partial charge in [-0.3, -0.25) is 0 Å². The summed E-state index contributed by atoms with van der Waals surface area (Å²) in [5, 5.41) is 0. The summed E-state index contributed by atoms with van der Waals surface area (Å²) in [5.74, 6) is 0.888. The van der Waals surface area contributed by atoms with E-state index in [1.807, 2.05) is 0 Å². The summed E-state index contributed by atoms with van der Waals surface area (Å²) in [4.78, 5) is 2.49. The average molecular weight is 232 g/mol. The van der Waals surface area contributed by atoms with Gasteiger partial charge in [0.15, 0.2) is 0 Å². The van der Waals surface area contributed by atoms with Gasteiger partial charge in [0.05, 0.1) is 0 Å². The molecule has 1 heterocycles. The Morgan fingerprint density at radius 2 is 1.82 bits per heavy atom. The van der Waals surface area contributed by atoms with E-state index < -0.39 is 0 Å². The van der Waals surface area contributed by atoms with Crippen LogP contribution in [0.25, 0.3) is 0 Å². The van der Waals surface area contributed by atoms with E-state index in [1.54, 1.807) is 0 Å². The second kappa shape index (κ2) is 5.54. The second-order valence-corrected chi connectivity index (χ2v) is 5.28. The molecule has 1 aliphatic heterocycles. The lowest BCUT2D eigenvalue weighted by molar-refractivity contribution is 0.438. The first-order chi connectivity index (χ1) is 8.20. The number of rotatable bonds is 3. The van der Waals surface area contributed by atoms with Crippen molar-refractivity contribution in [3.63, 3.8) is 0 Å². The van der Waals surface area contributed by atoms with Crippen molar-refractivity contribution in [2.45, 2.75) is 39.2 Å². The lowest BCUT2D eigenvalue weighted by Gasteiger charge is -2.32. The molecule has 0 aromatic heterocycles. The van der Waals surface area contributed by atoms with Crippen LogP contribution in [0.2, 0.25) is 0 Å². The van der Waals surface area contributed by atoms with E-state index in [2.05, 4.69) is 43.0 Å². The largest absolute Gasteiger partial charge is 0.372 e. The van der Waals surface area contributed by atoms with Crippen molar-refractivity contribution < 1.29 is 0 Å². The number of benzene rings is 1. The highest BCUT2D eigenvalue weighted by atomic mass is 15.1. The summed E-state index contributed by atoms with van der Waals surface area (Å²) >= 11 is 0. The number of hydrogen-bond donors (Lipinski definition) is 1. The molecule has 1 aromatic carbocycles. The molecule has 0 spiro atoms. The maximum atomic E-state index is 6.03. The van der Waals surface area contributed by atoms with Crippen molar-refractivity contribution in [3.05, 3.63) is 29.8 Å². The van der Waals surface area contributed by atoms with Crippen molar-refractivity contribution in [3.8, 4) is 0 Å². The zero-order valence-electron chi connectivity index (χ0n) is 11.0. The first kappa shape index (κ1) is 12.4. The van der Waals surface area contributed by atoms with Gasteiger partial charge in [-0.15, -0.1) is 0 Å². The van der Waals surface area contributed by atoms with E-state index >= 15 is 0 Å². The molecule has 0 radical (unpaired) electrons. The number of nitrogens with two attached hydrogens (primary N) is 1. The third-order valence-corrected chi connectivity index (χ3v) is 3.91. The molecule has 17 heavy (non-hydrogen) atoms. The number of hydrogen-bond acceptors (Lipinski definition) is 2. The average Bonchev–Trinajstić information content (AvgIpc) is 2.39. The number of piperidine rings is 1.